The van der Waals surface area contributed by atoms with Crippen LogP contribution in [-0.2, 0) is 0 Å². The summed E-state index contributed by atoms with van der Waals surface area (Å²) in [7, 11) is 0. The number of aromatic nitrogens is 1. The highest BCUT2D eigenvalue weighted by molar-refractivity contribution is 7.12. The Morgan fingerprint density at radius 2 is 1.82 bits per heavy atom. The van der Waals surface area contributed by atoms with E-state index in [1.165, 1.54) is 41.7 Å². The molecule has 3 aromatic rings. The molecule has 1 heterocycles. The smallest absolute Gasteiger partial charge is 0.271 e. The molecule has 0 aliphatic rings. The van der Waals surface area contributed by atoms with E-state index in [0.29, 0.717) is 22.0 Å². The molecule has 28 heavy (non-hydrogen) atoms. The van der Waals surface area contributed by atoms with Crippen molar-refractivity contribution >= 4 is 34.1 Å². The minimum absolute atomic E-state index is 0.00432. The summed E-state index contributed by atoms with van der Waals surface area (Å²) in [5.41, 5.74) is 4.05. The van der Waals surface area contributed by atoms with Crippen LogP contribution in [0.25, 0.3) is 11.3 Å². The summed E-state index contributed by atoms with van der Waals surface area (Å²) < 4.78 is 0. The van der Waals surface area contributed by atoms with E-state index in [4.69, 9.17) is 0 Å². The molecule has 0 aliphatic carbocycles. The molecule has 2 aromatic carbocycles. The number of nitrogens with one attached hydrogen (secondary N) is 1. The lowest BCUT2D eigenvalue weighted by Crippen LogP contribution is -2.01. The quantitative estimate of drug-likeness (QED) is 0.378. The van der Waals surface area contributed by atoms with Crippen LogP contribution in [0.4, 0.5) is 17.1 Å². The standard InChI is InChI=1S/C17H10N6O4S/c18-9-15(21-20-12-2-1-3-14(8-12)23(26)27)17-19-16(10-28-17)11-4-6-13(7-5-11)22(24)25/h1-8,10,20H/b21-15-. The predicted molar refractivity (Wildman–Crippen MR) is 103 cm³/mol. The molecule has 0 atom stereocenters. The first-order valence-corrected chi connectivity index (χ1v) is 8.55. The van der Waals surface area contributed by atoms with E-state index in [9.17, 15) is 25.5 Å². The van der Waals surface area contributed by atoms with Gasteiger partial charge in [-0.1, -0.05) is 6.07 Å². The zero-order valence-electron chi connectivity index (χ0n) is 14.0. The highest BCUT2D eigenvalue weighted by Crippen LogP contribution is 2.25. The van der Waals surface area contributed by atoms with Crippen molar-refractivity contribution in [3.05, 3.63) is 79.1 Å². The summed E-state index contributed by atoms with van der Waals surface area (Å²) in [5.74, 6) is 0. The van der Waals surface area contributed by atoms with E-state index in [1.807, 2.05) is 6.07 Å². The second kappa shape index (κ2) is 8.02. The van der Waals surface area contributed by atoms with Gasteiger partial charge < -0.3 is 0 Å². The number of rotatable bonds is 6. The monoisotopic (exact) mass is 394 g/mol. The van der Waals surface area contributed by atoms with Gasteiger partial charge in [0, 0.05) is 35.2 Å². The van der Waals surface area contributed by atoms with Crippen LogP contribution < -0.4 is 5.43 Å². The zero-order valence-corrected chi connectivity index (χ0v) is 14.8. The molecule has 0 spiro atoms. The average molecular weight is 394 g/mol. The zero-order chi connectivity index (χ0) is 20.1. The Morgan fingerprint density at radius 1 is 1.11 bits per heavy atom. The van der Waals surface area contributed by atoms with Crippen molar-refractivity contribution in [3.63, 3.8) is 0 Å². The molecule has 3 rings (SSSR count). The number of thiazole rings is 1. The van der Waals surface area contributed by atoms with E-state index in [0.717, 1.165) is 0 Å². The minimum atomic E-state index is -0.530. The molecule has 138 valence electrons. The lowest BCUT2D eigenvalue weighted by Gasteiger charge is -2.00. The van der Waals surface area contributed by atoms with Crippen molar-refractivity contribution in [2.24, 2.45) is 5.10 Å². The third-order valence-electron chi connectivity index (χ3n) is 3.54. The first kappa shape index (κ1) is 18.6. The maximum atomic E-state index is 10.8. The van der Waals surface area contributed by atoms with Crippen LogP contribution in [0.15, 0.2) is 59.0 Å². The summed E-state index contributed by atoms with van der Waals surface area (Å²) >= 11 is 1.18. The van der Waals surface area contributed by atoms with Gasteiger partial charge in [0.2, 0.25) is 0 Å². The number of non-ortho nitro benzene ring substituents is 2. The van der Waals surface area contributed by atoms with E-state index >= 15 is 0 Å². The maximum absolute atomic E-state index is 10.8. The van der Waals surface area contributed by atoms with Gasteiger partial charge >= 0.3 is 0 Å². The highest BCUT2D eigenvalue weighted by atomic mass is 32.1. The Morgan fingerprint density at radius 3 is 2.46 bits per heavy atom. The van der Waals surface area contributed by atoms with Crippen molar-refractivity contribution in [3.8, 4) is 17.3 Å². The normalized spacial score (nSPS) is 10.9. The number of nitrogens with zero attached hydrogens (tertiary/aromatic N) is 5. The van der Waals surface area contributed by atoms with Gasteiger partial charge in [0.25, 0.3) is 11.4 Å². The lowest BCUT2D eigenvalue weighted by molar-refractivity contribution is -0.385. The van der Waals surface area contributed by atoms with Gasteiger partial charge in [0.15, 0.2) is 10.7 Å². The fraction of sp³-hybridized carbons (Fsp3) is 0. The fourth-order valence-corrected chi connectivity index (χ4v) is 2.97. The second-order valence-corrected chi connectivity index (χ2v) is 6.19. The van der Waals surface area contributed by atoms with Crippen LogP contribution in [0.5, 0.6) is 0 Å². The Hall–Kier alpha value is -4.17. The number of nitro benzene ring substituents is 2. The molecule has 0 radical (unpaired) electrons. The molecule has 0 fully saturated rings. The first-order chi connectivity index (χ1) is 13.5. The van der Waals surface area contributed by atoms with Crippen molar-refractivity contribution in [2.45, 2.75) is 0 Å². The average Bonchev–Trinajstić information content (AvgIpc) is 3.19. The molecule has 0 saturated heterocycles. The van der Waals surface area contributed by atoms with Crippen molar-refractivity contribution in [1.82, 2.24) is 4.98 Å². The van der Waals surface area contributed by atoms with Crippen molar-refractivity contribution in [1.29, 1.82) is 5.26 Å². The summed E-state index contributed by atoms with van der Waals surface area (Å²) in [6.45, 7) is 0. The summed E-state index contributed by atoms with van der Waals surface area (Å²) in [4.78, 5) is 24.8. The summed E-state index contributed by atoms with van der Waals surface area (Å²) in [5, 5.41) is 36.9. The number of hydrogen-bond donors (Lipinski definition) is 1. The molecule has 0 unspecified atom stereocenters. The number of benzene rings is 2. The fourth-order valence-electron chi connectivity index (χ4n) is 2.20. The van der Waals surface area contributed by atoms with E-state index in [1.54, 1.807) is 23.6 Å². The SMILES string of the molecule is N#C/C(=N/Nc1cccc([N+](=O)[O-])c1)c1nc(-c2ccc([N+](=O)[O-])cc2)cs1. The number of nitro groups is 2. The Kier molecular flexibility index (Phi) is 5.33. The van der Waals surface area contributed by atoms with Gasteiger partial charge in [-0.05, 0) is 18.2 Å². The van der Waals surface area contributed by atoms with E-state index in [-0.39, 0.29) is 17.1 Å². The minimum Gasteiger partial charge on any atom is -0.277 e. The van der Waals surface area contributed by atoms with Crippen LogP contribution in [0.2, 0.25) is 0 Å². The maximum Gasteiger partial charge on any atom is 0.271 e. The van der Waals surface area contributed by atoms with E-state index < -0.39 is 9.85 Å². The van der Waals surface area contributed by atoms with Gasteiger partial charge in [0.1, 0.15) is 6.07 Å². The van der Waals surface area contributed by atoms with Crippen molar-refractivity contribution in [2.75, 3.05) is 5.43 Å². The van der Waals surface area contributed by atoms with Gasteiger partial charge in [-0.15, -0.1) is 11.3 Å². The number of anilines is 1. The third kappa shape index (κ3) is 4.14. The van der Waals surface area contributed by atoms with Crippen LogP contribution in [-0.4, -0.2) is 20.5 Å². The van der Waals surface area contributed by atoms with Gasteiger partial charge in [-0.2, -0.15) is 10.4 Å². The van der Waals surface area contributed by atoms with Gasteiger partial charge in [-0.25, -0.2) is 4.98 Å². The molecule has 0 saturated carbocycles. The van der Waals surface area contributed by atoms with Crippen LogP contribution in [0.3, 0.4) is 0 Å². The predicted octanol–water partition coefficient (Wildman–Crippen LogP) is 3.97. The molecular weight excluding hydrogens is 384 g/mol. The Bertz CT molecular complexity index is 1120. The number of nitriles is 1. The Balaban J connectivity index is 1.81. The largest absolute Gasteiger partial charge is 0.277 e. The Labute approximate surface area is 161 Å². The highest BCUT2D eigenvalue weighted by Gasteiger charge is 2.12. The molecule has 10 nitrogen and oxygen atoms in total. The van der Waals surface area contributed by atoms with Crippen LogP contribution >= 0.6 is 11.3 Å². The summed E-state index contributed by atoms with van der Waals surface area (Å²) in [6, 6.07) is 13.5. The van der Waals surface area contributed by atoms with E-state index in [2.05, 4.69) is 15.5 Å². The second-order valence-electron chi connectivity index (χ2n) is 5.33. The number of hydrazone groups is 1. The van der Waals surface area contributed by atoms with Crippen molar-refractivity contribution < 1.29 is 9.85 Å². The lowest BCUT2D eigenvalue weighted by atomic mass is 10.1. The van der Waals surface area contributed by atoms with Gasteiger partial charge in [-0.3, -0.25) is 25.7 Å². The molecule has 0 aliphatic heterocycles. The first-order valence-electron chi connectivity index (χ1n) is 7.67. The molecule has 11 heteroatoms. The summed E-state index contributed by atoms with van der Waals surface area (Å²) in [6.07, 6.45) is 0. The van der Waals surface area contributed by atoms with Gasteiger partial charge in [0.05, 0.1) is 21.2 Å². The van der Waals surface area contributed by atoms with Crippen LogP contribution in [0, 0.1) is 31.6 Å². The molecule has 1 N–H and O–H groups in total. The molecule has 1 aromatic heterocycles. The number of hydrogen-bond acceptors (Lipinski definition) is 9. The third-order valence-corrected chi connectivity index (χ3v) is 4.39. The topological polar surface area (TPSA) is 147 Å². The molecular formula is C17H10N6O4S. The van der Waals surface area contributed by atoms with Crippen LogP contribution in [0.1, 0.15) is 5.01 Å². The molecule has 0 amide bonds. The molecule has 0 bridgehead atoms.